The van der Waals surface area contributed by atoms with Crippen LogP contribution in [-0.2, 0) is 23.8 Å². The number of carbonyl (C=O) groups is 2. The summed E-state index contributed by atoms with van der Waals surface area (Å²) in [7, 11) is 0. The van der Waals surface area contributed by atoms with Gasteiger partial charge in [-0.2, -0.15) is 0 Å². The lowest BCUT2D eigenvalue weighted by atomic mass is 9.90. The average molecular weight is 824 g/mol. The highest BCUT2D eigenvalue weighted by molar-refractivity contribution is 5.69. The third-order valence-electron chi connectivity index (χ3n) is 12.6. The van der Waals surface area contributed by atoms with Crippen molar-refractivity contribution in [2.24, 2.45) is 17.8 Å². The molecule has 0 spiro atoms. The van der Waals surface area contributed by atoms with E-state index < -0.39 is 0 Å². The van der Waals surface area contributed by atoms with Crippen molar-refractivity contribution in [2.75, 3.05) is 52.7 Å². The molecule has 7 nitrogen and oxygen atoms in total. The SMILES string of the molecule is CCCCC(CCCC)CCCCCCCCCCCC(CCCCCCCCCC(=O)OCCC(CCCC)CCCC)COCCCN1CCOCC1.O=CO. The van der Waals surface area contributed by atoms with Crippen molar-refractivity contribution in [3.63, 3.8) is 0 Å². The molecule has 1 unspecified atom stereocenters. The lowest BCUT2D eigenvalue weighted by Crippen LogP contribution is -2.37. The van der Waals surface area contributed by atoms with E-state index in [-0.39, 0.29) is 12.4 Å². The van der Waals surface area contributed by atoms with Gasteiger partial charge in [0.15, 0.2) is 0 Å². The van der Waals surface area contributed by atoms with Crippen LogP contribution in [0.4, 0.5) is 0 Å². The van der Waals surface area contributed by atoms with Crippen LogP contribution >= 0.6 is 0 Å². The number of hydrogen-bond donors (Lipinski definition) is 1. The van der Waals surface area contributed by atoms with E-state index in [9.17, 15) is 4.79 Å². The highest BCUT2D eigenvalue weighted by Crippen LogP contribution is 2.24. The molecule has 1 heterocycles. The number of morpholine rings is 1. The van der Waals surface area contributed by atoms with Gasteiger partial charge in [-0.1, -0.05) is 207 Å². The average Bonchev–Trinajstić information content (AvgIpc) is 3.23. The summed E-state index contributed by atoms with van der Waals surface area (Å²) < 4.78 is 17.4. The molecule has 1 atom stereocenters. The first kappa shape index (κ1) is 56.8. The molecule has 58 heavy (non-hydrogen) atoms. The van der Waals surface area contributed by atoms with Crippen LogP contribution in [0, 0.1) is 17.8 Å². The van der Waals surface area contributed by atoms with Gasteiger partial charge in [-0.3, -0.25) is 14.5 Å². The second-order valence-corrected chi connectivity index (χ2v) is 17.9. The van der Waals surface area contributed by atoms with Gasteiger partial charge in [0.05, 0.1) is 19.8 Å². The standard InChI is InChI=1S/C50H99NO4.CH2O2/c1-5-9-30-47(31-10-6-2)34-25-21-17-14-13-15-18-22-26-35-49(46-54-42-29-39-51-40-44-53-45-41-51)36-27-23-19-16-20-24-28-37-50(52)55-43-38-48(32-11-7-3)33-12-8-4;2-1-3/h47-49H,5-46H2,1-4H3;1H,(H,2,3). The van der Waals surface area contributed by atoms with Gasteiger partial charge in [-0.15, -0.1) is 0 Å². The predicted octanol–water partition coefficient (Wildman–Crippen LogP) is 14.8. The first-order valence-corrected chi connectivity index (χ1v) is 25.7. The monoisotopic (exact) mass is 824 g/mol. The molecule has 0 saturated carbocycles. The van der Waals surface area contributed by atoms with Crippen LogP contribution in [0.3, 0.4) is 0 Å². The van der Waals surface area contributed by atoms with Crippen LogP contribution in [0.5, 0.6) is 0 Å². The maximum Gasteiger partial charge on any atom is 0.305 e. The molecule has 0 radical (unpaired) electrons. The van der Waals surface area contributed by atoms with Gasteiger partial charge in [0.1, 0.15) is 0 Å². The highest BCUT2D eigenvalue weighted by Gasteiger charge is 2.13. The number of carbonyl (C=O) groups excluding carboxylic acids is 1. The maximum atomic E-state index is 12.3. The first-order valence-electron chi connectivity index (χ1n) is 25.7. The smallest absolute Gasteiger partial charge is 0.305 e. The van der Waals surface area contributed by atoms with E-state index in [0.717, 1.165) is 89.5 Å². The quantitative estimate of drug-likeness (QED) is 0.0372. The molecule has 1 aliphatic heterocycles. The predicted molar refractivity (Wildman–Crippen MR) is 248 cm³/mol. The van der Waals surface area contributed by atoms with E-state index in [2.05, 4.69) is 32.6 Å². The molecule has 1 rings (SSSR count). The Bertz CT molecular complexity index is 805. The summed E-state index contributed by atoms with van der Waals surface area (Å²) in [5.41, 5.74) is 0. The third-order valence-corrected chi connectivity index (χ3v) is 12.6. The summed E-state index contributed by atoms with van der Waals surface area (Å²) in [6.45, 7) is 16.5. The van der Waals surface area contributed by atoms with E-state index >= 15 is 0 Å². The summed E-state index contributed by atoms with van der Waals surface area (Å²) in [6.07, 6.45) is 44.7. The normalized spacial score (nSPS) is 13.8. The van der Waals surface area contributed by atoms with E-state index in [0.29, 0.717) is 13.0 Å². The summed E-state index contributed by atoms with van der Waals surface area (Å²) in [6, 6.07) is 0. The minimum absolute atomic E-state index is 0.0219. The summed E-state index contributed by atoms with van der Waals surface area (Å²) in [5, 5.41) is 6.89. The van der Waals surface area contributed by atoms with Crippen LogP contribution in [0.15, 0.2) is 0 Å². The fourth-order valence-electron chi connectivity index (χ4n) is 8.71. The molecular formula is C51H101NO6. The van der Waals surface area contributed by atoms with Crippen LogP contribution < -0.4 is 0 Å². The second-order valence-electron chi connectivity index (χ2n) is 17.9. The van der Waals surface area contributed by atoms with Crippen LogP contribution in [0.25, 0.3) is 0 Å². The summed E-state index contributed by atoms with van der Waals surface area (Å²) >= 11 is 0. The minimum atomic E-state index is -0.250. The molecule has 0 amide bonds. The van der Waals surface area contributed by atoms with E-state index in [1.807, 2.05) is 0 Å². The molecule has 0 aromatic carbocycles. The number of unbranched alkanes of at least 4 members (excludes halogenated alkanes) is 18. The summed E-state index contributed by atoms with van der Waals surface area (Å²) in [4.78, 5) is 23.2. The van der Waals surface area contributed by atoms with Gasteiger partial charge in [-0.05, 0) is 49.9 Å². The van der Waals surface area contributed by atoms with Gasteiger partial charge in [-0.25, -0.2) is 0 Å². The Hall–Kier alpha value is -1.18. The fourth-order valence-corrected chi connectivity index (χ4v) is 8.71. The Morgan fingerprint density at radius 1 is 0.534 bits per heavy atom. The third kappa shape index (κ3) is 40.2. The van der Waals surface area contributed by atoms with Gasteiger partial charge < -0.3 is 19.3 Å². The molecule has 0 aromatic heterocycles. The van der Waals surface area contributed by atoms with Crippen molar-refractivity contribution in [1.82, 2.24) is 4.90 Å². The topological polar surface area (TPSA) is 85.3 Å². The first-order chi connectivity index (χ1) is 28.5. The largest absolute Gasteiger partial charge is 0.483 e. The van der Waals surface area contributed by atoms with Gasteiger partial charge in [0.2, 0.25) is 0 Å². The van der Waals surface area contributed by atoms with E-state index in [1.54, 1.807) is 0 Å². The Morgan fingerprint density at radius 3 is 1.36 bits per heavy atom. The fraction of sp³-hybridized carbons (Fsp3) is 0.961. The molecule has 7 heteroatoms. The highest BCUT2D eigenvalue weighted by atomic mass is 16.5. The molecule has 0 bridgehead atoms. The van der Waals surface area contributed by atoms with Crippen LogP contribution in [0.1, 0.15) is 246 Å². The van der Waals surface area contributed by atoms with Crippen LogP contribution in [-0.4, -0.2) is 75.1 Å². The van der Waals surface area contributed by atoms with E-state index in [1.165, 1.54) is 186 Å². The number of rotatable bonds is 43. The molecular weight excluding hydrogens is 723 g/mol. The zero-order valence-electron chi connectivity index (χ0n) is 39.4. The Labute approximate surface area is 361 Å². The van der Waals surface area contributed by atoms with Crippen molar-refractivity contribution in [3.8, 4) is 0 Å². The molecule has 0 aliphatic carbocycles. The number of carboxylic acid groups (broad SMARTS) is 1. The minimum Gasteiger partial charge on any atom is -0.483 e. The van der Waals surface area contributed by atoms with Crippen molar-refractivity contribution in [1.29, 1.82) is 0 Å². The van der Waals surface area contributed by atoms with Gasteiger partial charge >= 0.3 is 5.97 Å². The Morgan fingerprint density at radius 2 is 0.914 bits per heavy atom. The van der Waals surface area contributed by atoms with Gasteiger partial charge in [0.25, 0.3) is 6.47 Å². The lowest BCUT2D eigenvalue weighted by Gasteiger charge is -2.26. The molecule has 1 fully saturated rings. The molecule has 1 aliphatic rings. The number of esters is 1. The number of nitrogens with zero attached hydrogens (tertiary/aromatic N) is 1. The number of hydrogen-bond acceptors (Lipinski definition) is 6. The second kappa shape index (κ2) is 46.9. The molecule has 1 N–H and O–H groups in total. The van der Waals surface area contributed by atoms with Crippen LogP contribution in [0.2, 0.25) is 0 Å². The lowest BCUT2D eigenvalue weighted by molar-refractivity contribution is -0.144. The molecule has 346 valence electrons. The van der Waals surface area contributed by atoms with E-state index in [4.69, 9.17) is 24.1 Å². The summed E-state index contributed by atoms with van der Waals surface area (Å²) in [5.74, 6) is 2.48. The van der Waals surface area contributed by atoms with Crippen molar-refractivity contribution in [3.05, 3.63) is 0 Å². The molecule has 1 saturated heterocycles. The zero-order chi connectivity index (χ0) is 42.4. The Kier molecular flexibility index (Phi) is 45.9. The van der Waals surface area contributed by atoms with Crippen molar-refractivity contribution in [2.45, 2.75) is 246 Å². The molecule has 0 aromatic rings. The van der Waals surface area contributed by atoms with Crippen molar-refractivity contribution < 1.29 is 28.9 Å². The maximum absolute atomic E-state index is 12.3. The van der Waals surface area contributed by atoms with Gasteiger partial charge in [0, 0.05) is 39.3 Å². The Balaban J connectivity index is 0.0000105. The number of ether oxygens (including phenoxy) is 3. The zero-order valence-corrected chi connectivity index (χ0v) is 39.4. The van der Waals surface area contributed by atoms with Crippen molar-refractivity contribution >= 4 is 12.4 Å².